The Labute approximate surface area is 155 Å². The number of rotatable bonds is 5. The molecule has 0 radical (unpaired) electrons. The van der Waals surface area contributed by atoms with E-state index in [2.05, 4.69) is 0 Å². The summed E-state index contributed by atoms with van der Waals surface area (Å²) in [5.74, 6) is 1.30. The predicted octanol–water partition coefficient (Wildman–Crippen LogP) is 4.47. The Morgan fingerprint density at radius 1 is 1.11 bits per heavy atom. The SMILES string of the molecule is Cc1cc(OCC(=O)c2ccccc2)cc2c1C(=O)/C(=C/c1ccco1)O2. The van der Waals surface area contributed by atoms with Gasteiger partial charge < -0.3 is 13.9 Å². The number of furan rings is 1. The van der Waals surface area contributed by atoms with Crippen molar-refractivity contribution in [2.45, 2.75) is 6.92 Å². The van der Waals surface area contributed by atoms with Crippen molar-refractivity contribution < 1.29 is 23.5 Å². The Balaban J connectivity index is 1.53. The number of hydrogen-bond acceptors (Lipinski definition) is 5. The van der Waals surface area contributed by atoms with Crippen LogP contribution in [0.2, 0.25) is 0 Å². The minimum absolute atomic E-state index is 0.0920. The van der Waals surface area contributed by atoms with Gasteiger partial charge in [-0.3, -0.25) is 9.59 Å². The monoisotopic (exact) mass is 360 g/mol. The van der Waals surface area contributed by atoms with Crippen LogP contribution in [-0.2, 0) is 0 Å². The Bertz CT molecular complexity index is 1030. The quantitative estimate of drug-likeness (QED) is 0.496. The maximum Gasteiger partial charge on any atom is 0.232 e. The molecular weight excluding hydrogens is 344 g/mol. The molecule has 0 spiro atoms. The lowest BCUT2D eigenvalue weighted by Gasteiger charge is -2.08. The summed E-state index contributed by atoms with van der Waals surface area (Å²) >= 11 is 0. The van der Waals surface area contributed by atoms with Crippen LogP contribution in [0.25, 0.3) is 6.08 Å². The highest BCUT2D eigenvalue weighted by atomic mass is 16.5. The molecule has 1 aromatic heterocycles. The maximum atomic E-state index is 12.6. The molecule has 27 heavy (non-hydrogen) atoms. The van der Waals surface area contributed by atoms with Crippen LogP contribution in [0.5, 0.6) is 11.5 Å². The summed E-state index contributed by atoms with van der Waals surface area (Å²) in [6, 6.07) is 15.8. The molecule has 0 aliphatic carbocycles. The van der Waals surface area contributed by atoms with Crippen molar-refractivity contribution in [1.82, 2.24) is 0 Å². The average molecular weight is 360 g/mol. The third-order valence-electron chi connectivity index (χ3n) is 4.23. The van der Waals surface area contributed by atoms with Gasteiger partial charge in [-0.2, -0.15) is 0 Å². The lowest BCUT2D eigenvalue weighted by molar-refractivity contribution is 0.0920. The number of fused-ring (bicyclic) bond motifs is 1. The van der Waals surface area contributed by atoms with Crippen molar-refractivity contribution in [3.05, 3.63) is 89.1 Å². The molecule has 0 saturated carbocycles. The van der Waals surface area contributed by atoms with Gasteiger partial charge in [-0.15, -0.1) is 0 Å². The molecule has 1 aliphatic heterocycles. The summed E-state index contributed by atoms with van der Waals surface area (Å²) in [4.78, 5) is 24.8. The smallest absolute Gasteiger partial charge is 0.232 e. The number of allylic oxidation sites excluding steroid dienone is 1. The van der Waals surface area contributed by atoms with Crippen LogP contribution >= 0.6 is 0 Å². The fourth-order valence-electron chi connectivity index (χ4n) is 2.92. The molecule has 0 fully saturated rings. The summed E-state index contributed by atoms with van der Waals surface area (Å²) in [6.07, 6.45) is 3.08. The van der Waals surface area contributed by atoms with E-state index in [1.165, 1.54) is 6.26 Å². The van der Waals surface area contributed by atoms with Crippen molar-refractivity contribution in [3.63, 3.8) is 0 Å². The first kappa shape index (κ1) is 16.8. The van der Waals surface area contributed by atoms with E-state index in [9.17, 15) is 9.59 Å². The molecule has 0 unspecified atom stereocenters. The first-order chi connectivity index (χ1) is 13.1. The zero-order chi connectivity index (χ0) is 18.8. The second kappa shape index (κ2) is 6.96. The molecule has 0 atom stereocenters. The third-order valence-corrected chi connectivity index (χ3v) is 4.23. The second-order valence-corrected chi connectivity index (χ2v) is 6.15. The largest absolute Gasteiger partial charge is 0.485 e. The minimum atomic E-state index is -0.203. The Morgan fingerprint density at radius 2 is 1.93 bits per heavy atom. The predicted molar refractivity (Wildman–Crippen MR) is 99.1 cm³/mol. The second-order valence-electron chi connectivity index (χ2n) is 6.15. The van der Waals surface area contributed by atoms with Crippen LogP contribution in [0.4, 0.5) is 0 Å². The van der Waals surface area contributed by atoms with E-state index in [4.69, 9.17) is 13.9 Å². The summed E-state index contributed by atoms with van der Waals surface area (Å²) in [7, 11) is 0. The van der Waals surface area contributed by atoms with Crippen molar-refractivity contribution >= 4 is 17.6 Å². The standard InChI is InChI=1S/C22H16O5/c1-14-10-17(26-13-18(23)15-6-3-2-4-7-15)12-19-21(14)22(24)20(27-19)11-16-8-5-9-25-16/h2-12H,13H2,1H3/b20-11-. The zero-order valence-electron chi connectivity index (χ0n) is 14.6. The molecule has 5 heteroatoms. The Kier molecular flexibility index (Phi) is 4.34. The number of carbonyl (C=O) groups is 2. The molecule has 3 aromatic rings. The highest BCUT2D eigenvalue weighted by Crippen LogP contribution is 2.37. The van der Waals surface area contributed by atoms with Crippen LogP contribution in [0, 0.1) is 6.92 Å². The van der Waals surface area contributed by atoms with E-state index in [1.807, 2.05) is 13.0 Å². The van der Waals surface area contributed by atoms with Crippen molar-refractivity contribution in [3.8, 4) is 11.5 Å². The molecule has 2 heterocycles. The first-order valence-corrected chi connectivity index (χ1v) is 8.45. The molecule has 0 amide bonds. The van der Waals surface area contributed by atoms with Crippen molar-refractivity contribution in [2.24, 2.45) is 0 Å². The number of benzene rings is 2. The summed E-state index contributed by atoms with van der Waals surface area (Å²) < 4.78 is 16.6. The first-order valence-electron chi connectivity index (χ1n) is 8.45. The van der Waals surface area contributed by atoms with Crippen LogP contribution in [0.1, 0.15) is 32.0 Å². The summed E-state index contributed by atoms with van der Waals surface area (Å²) in [5, 5.41) is 0. The molecule has 1 aliphatic rings. The van der Waals surface area contributed by atoms with Gasteiger partial charge in [-0.05, 0) is 30.7 Å². The average Bonchev–Trinajstić information content (AvgIpc) is 3.29. The highest BCUT2D eigenvalue weighted by molar-refractivity contribution is 6.15. The minimum Gasteiger partial charge on any atom is -0.485 e. The molecule has 5 nitrogen and oxygen atoms in total. The molecule has 0 saturated heterocycles. The summed E-state index contributed by atoms with van der Waals surface area (Å²) in [5.41, 5.74) is 1.81. The lowest BCUT2D eigenvalue weighted by atomic mass is 10.0. The number of carbonyl (C=O) groups excluding carboxylic acids is 2. The van der Waals surface area contributed by atoms with Gasteiger partial charge >= 0.3 is 0 Å². The number of hydrogen-bond donors (Lipinski definition) is 0. The van der Waals surface area contributed by atoms with E-state index >= 15 is 0 Å². The van der Waals surface area contributed by atoms with E-state index < -0.39 is 0 Å². The van der Waals surface area contributed by atoms with Crippen LogP contribution in [0.15, 0.2) is 71.0 Å². The normalized spacial score (nSPS) is 14.1. The highest BCUT2D eigenvalue weighted by Gasteiger charge is 2.30. The topological polar surface area (TPSA) is 65.7 Å². The Hall–Kier alpha value is -3.60. The van der Waals surface area contributed by atoms with Gasteiger partial charge in [0.2, 0.25) is 5.78 Å². The molecule has 4 rings (SSSR count). The van der Waals surface area contributed by atoms with Crippen molar-refractivity contribution in [2.75, 3.05) is 6.61 Å². The molecule has 2 aromatic carbocycles. The van der Waals surface area contributed by atoms with Gasteiger partial charge in [-0.1, -0.05) is 30.3 Å². The lowest BCUT2D eigenvalue weighted by Crippen LogP contribution is -2.11. The van der Waals surface area contributed by atoms with Crippen LogP contribution < -0.4 is 9.47 Å². The Morgan fingerprint density at radius 3 is 2.67 bits per heavy atom. The van der Waals surface area contributed by atoms with Crippen LogP contribution in [0.3, 0.4) is 0 Å². The third kappa shape index (κ3) is 3.40. The number of ether oxygens (including phenoxy) is 2. The molecule has 0 N–H and O–H groups in total. The molecule has 0 bridgehead atoms. The molecular formula is C22H16O5. The number of Topliss-reactive ketones (excluding diaryl/α,β-unsaturated/α-hetero) is 2. The van der Waals surface area contributed by atoms with Crippen molar-refractivity contribution in [1.29, 1.82) is 0 Å². The summed E-state index contributed by atoms with van der Waals surface area (Å²) in [6.45, 7) is 1.72. The molecule has 134 valence electrons. The van der Waals surface area contributed by atoms with Gasteiger partial charge in [-0.25, -0.2) is 0 Å². The van der Waals surface area contributed by atoms with E-state index in [1.54, 1.807) is 54.6 Å². The van der Waals surface area contributed by atoms with E-state index in [-0.39, 0.29) is 23.9 Å². The van der Waals surface area contributed by atoms with Gasteiger partial charge in [0.15, 0.2) is 18.1 Å². The zero-order valence-corrected chi connectivity index (χ0v) is 14.6. The van der Waals surface area contributed by atoms with Gasteiger partial charge in [0, 0.05) is 17.7 Å². The number of ketones is 2. The van der Waals surface area contributed by atoms with Gasteiger partial charge in [0.05, 0.1) is 11.8 Å². The fraction of sp³-hybridized carbons (Fsp3) is 0.0909. The van der Waals surface area contributed by atoms with Gasteiger partial charge in [0.1, 0.15) is 17.3 Å². The van der Waals surface area contributed by atoms with E-state index in [0.717, 1.165) is 5.56 Å². The number of aryl methyl sites for hydroxylation is 1. The van der Waals surface area contributed by atoms with E-state index in [0.29, 0.717) is 28.4 Å². The maximum absolute atomic E-state index is 12.6. The van der Waals surface area contributed by atoms with Crippen LogP contribution in [-0.4, -0.2) is 18.2 Å². The van der Waals surface area contributed by atoms with Gasteiger partial charge in [0.25, 0.3) is 0 Å². The fourth-order valence-corrected chi connectivity index (χ4v) is 2.92.